The highest BCUT2D eigenvalue weighted by molar-refractivity contribution is 5.79. The first-order valence-electron chi connectivity index (χ1n) is 7.96. The summed E-state index contributed by atoms with van der Waals surface area (Å²) in [6.07, 6.45) is 5.06. The molecule has 1 aliphatic rings. The zero-order chi connectivity index (χ0) is 15.9. The molecule has 0 amide bonds. The predicted molar refractivity (Wildman–Crippen MR) is 89.9 cm³/mol. The summed E-state index contributed by atoms with van der Waals surface area (Å²) < 4.78 is 5.25. The van der Waals surface area contributed by atoms with Gasteiger partial charge in [-0.25, -0.2) is 0 Å². The Kier molecular flexibility index (Phi) is 6.94. The highest BCUT2D eigenvalue weighted by atomic mass is 16.5. The summed E-state index contributed by atoms with van der Waals surface area (Å²) in [4.78, 5) is 6.56. The summed E-state index contributed by atoms with van der Waals surface area (Å²) in [5.74, 6) is 0.897. The van der Waals surface area contributed by atoms with Gasteiger partial charge in [0.05, 0.1) is 0 Å². The van der Waals surface area contributed by atoms with Crippen LogP contribution < -0.4 is 10.6 Å². The molecule has 1 fully saturated rings. The second kappa shape index (κ2) is 7.99. The number of aliphatic imine (C=N–C) groups is 1. The number of nitrogens with one attached hydrogen (secondary N) is 2. The van der Waals surface area contributed by atoms with Crippen molar-refractivity contribution in [2.45, 2.75) is 45.1 Å². The first-order valence-corrected chi connectivity index (χ1v) is 7.96. The van der Waals surface area contributed by atoms with Crippen LogP contribution in [-0.4, -0.2) is 64.3 Å². The molecule has 5 heteroatoms. The quantitative estimate of drug-likeness (QED) is 0.529. The predicted octanol–water partition coefficient (Wildman–Crippen LogP) is 1.70. The highest BCUT2D eigenvalue weighted by Crippen LogP contribution is 2.43. The Morgan fingerprint density at radius 1 is 1.29 bits per heavy atom. The standard InChI is InChI=1S/C16H34N4O/c1-15(2,20(4)5)12-18-14(17-3)19-13-16(8-7-9-16)10-11-21-6/h7-13H2,1-6H3,(H2,17,18,19). The van der Waals surface area contributed by atoms with Gasteiger partial charge in [0.15, 0.2) is 5.96 Å². The molecule has 1 rings (SSSR count). The average molecular weight is 298 g/mol. The molecule has 0 saturated heterocycles. The van der Waals surface area contributed by atoms with Crippen molar-refractivity contribution in [2.75, 3.05) is 47.9 Å². The monoisotopic (exact) mass is 298 g/mol. The smallest absolute Gasteiger partial charge is 0.191 e. The molecule has 0 aromatic rings. The van der Waals surface area contributed by atoms with Crippen LogP contribution in [0.25, 0.3) is 0 Å². The van der Waals surface area contributed by atoms with Gasteiger partial charge in [0, 0.05) is 39.4 Å². The first-order chi connectivity index (χ1) is 9.85. The Morgan fingerprint density at radius 2 is 1.95 bits per heavy atom. The molecule has 5 nitrogen and oxygen atoms in total. The number of guanidine groups is 1. The van der Waals surface area contributed by atoms with Crippen molar-refractivity contribution in [3.05, 3.63) is 0 Å². The highest BCUT2D eigenvalue weighted by Gasteiger charge is 2.36. The van der Waals surface area contributed by atoms with Crippen molar-refractivity contribution in [1.82, 2.24) is 15.5 Å². The maximum atomic E-state index is 5.25. The lowest BCUT2D eigenvalue weighted by atomic mass is 9.67. The number of likely N-dealkylation sites (N-methyl/N-ethyl adjacent to an activating group) is 1. The van der Waals surface area contributed by atoms with Gasteiger partial charge in [-0.05, 0) is 52.6 Å². The van der Waals surface area contributed by atoms with E-state index in [0.717, 1.165) is 32.1 Å². The fourth-order valence-corrected chi connectivity index (χ4v) is 2.46. The van der Waals surface area contributed by atoms with Gasteiger partial charge in [-0.2, -0.15) is 0 Å². The molecule has 0 spiro atoms. The maximum absolute atomic E-state index is 5.25. The third-order valence-corrected chi connectivity index (χ3v) is 5.00. The molecule has 0 aliphatic heterocycles. The van der Waals surface area contributed by atoms with E-state index in [2.05, 4.69) is 48.5 Å². The number of methoxy groups -OCH3 is 1. The lowest BCUT2D eigenvalue weighted by Gasteiger charge is -2.42. The van der Waals surface area contributed by atoms with Crippen molar-refractivity contribution in [1.29, 1.82) is 0 Å². The van der Waals surface area contributed by atoms with Crippen molar-refractivity contribution < 1.29 is 4.74 Å². The summed E-state index contributed by atoms with van der Waals surface area (Å²) in [7, 11) is 7.82. The SMILES string of the molecule is CN=C(NCC1(CCOC)CCC1)NCC(C)(C)N(C)C. The summed E-state index contributed by atoms with van der Waals surface area (Å²) in [6.45, 7) is 7.14. The molecule has 0 aromatic heterocycles. The van der Waals surface area contributed by atoms with E-state index in [-0.39, 0.29) is 5.54 Å². The lowest BCUT2D eigenvalue weighted by molar-refractivity contribution is 0.0732. The van der Waals surface area contributed by atoms with E-state index in [4.69, 9.17) is 4.74 Å². The van der Waals surface area contributed by atoms with Crippen LogP contribution >= 0.6 is 0 Å². The summed E-state index contributed by atoms with van der Waals surface area (Å²) in [6, 6.07) is 0. The molecule has 21 heavy (non-hydrogen) atoms. The van der Waals surface area contributed by atoms with E-state index in [0.29, 0.717) is 5.41 Å². The fraction of sp³-hybridized carbons (Fsp3) is 0.938. The Morgan fingerprint density at radius 3 is 2.38 bits per heavy atom. The number of hydrogen-bond donors (Lipinski definition) is 2. The molecule has 2 N–H and O–H groups in total. The Labute approximate surface area is 130 Å². The minimum absolute atomic E-state index is 0.0990. The second-order valence-corrected chi connectivity index (χ2v) is 7.08. The van der Waals surface area contributed by atoms with Gasteiger partial charge >= 0.3 is 0 Å². The summed E-state index contributed by atoms with van der Waals surface area (Å²) >= 11 is 0. The normalized spacial score (nSPS) is 18.5. The molecule has 0 heterocycles. The zero-order valence-corrected chi connectivity index (χ0v) is 14.8. The molecule has 0 aromatic carbocycles. The lowest BCUT2D eigenvalue weighted by Crippen LogP contribution is -2.52. The first kappa shape index (κ1) is 18.2. The van der Waals surface area contributed by atoms with Gasteiger partial charge in [-0.1, -0.05) is 6.42 Å². The van der Waals surface area contributed by atoms with Crippen LogP contribution in [0.1, 0.15) is 39.5 Å². The van der Waals surface area contributed by atoms with Crippen LogP contribution in [-0.2, 0) is 4.74 Å². The largest absolute Gasteiger partial charge is 0.385 e. The van der Waals surface area contributed by atoms with E-state index in [1.54, 1.807) is 7.11 Å². The molecule has 1 saturated carbocycles. The summed E-state index contributed by atoms with van der Waals surface area (Å²) in [5, 5.41) is 6.93. The van der Waals surface area contributed by atoms with Crippen LogP contribution in [0.3, 0.4) is 0 Å². The van der Waals surface area contributed by atoms with E-state index >= 15 is 0 Å². The summed E-state index contributed by atoms with van der Waals surface area (Å²) in [5.41, 5.74) is 0.506. The fourth-order valence-electron chi connectivity index (χ4n) is 2.46. The zero-order valence-electron chi connectivity index (χ0n) is 14.8. The van der Waals surface area contributed by atoms with Crippen molar-refractivity contribution >= 4 is 5.96 Å². The molecule has 0 bridgehead atoms. The van der Waals surface area contributed by atoms with E-state index in [9.17, 15) is 0 Å². The minimum atomic E-state index is 0.0990. The second-order valence-electron chi connectivity index (χ2n) is 7.08. The average Bonchev–Trinajstić information content (AvgIpc) is 2.40. The topological polar surface area (TPSA) is 48.9 Å². The van der Waals surface area contributed by atoms with Gasteiger partial charge in [0.2, 0.25) is 0 Å². The number of hydrogen-bond acceptors (Lipinski definition) is 3. The maximum Gasteiger partial charge on any atom is 0.191 e. The molecule has 0 unspecified atom stereocenters. The van der Waals surface area contributed by atoms with E-state index in [1.807, 2.05) is 7.05 Å². The minimum Gasteiger partial charge on any atom is -0.385 e. The van der Waals surface area contributed by atoms with E-state index in [1.165, 1.54) is 19.3 Å². The van der Waals surface area contributed by atoms with Crippen LogP contribution in [0.15, 0.2) is 4.99 Å². The van der Waals surface area contributed by atoms with Gasteiger partial charge in [0.25, 0.3) is 0 Å². The molecule has 0 atom stereocenters. The Balaban J connectivity index is 2.41. The van der Waals surface area contributed by atoms with Crippen LogP contribution in [0.5, 0.6) is 0 Å². The van der Waals surface area contributed by atoms with Crippen molar-refractivity contribution in [3.63, 3.8) is 0 Å². The molecule has 124 valence electrons. The Hall–Kier alpha value is -0.810. The molecule has 0 radical (unpaired) electrons. The van der Waals surface area contributed by atoms with Crippen molar-refractivity contribution in [2.24, 2.45) is 10.4 Å². The third kappa shape index (κ3) is 5.47. The molecular weight excluding hydrogens is 264 g/mol. The van der Waals surface area contributed by atoms with Gasteiger partial charge < -0.3 is 20.3 Å². The van der Waals surface area contributed by atoms with Gasteiger partial charge in [-0.15, -0.1) is 0 Å². The molecular formula is C16H34N4O. The molecule has 1 aliphatic carbocycles. The van der Waals surface area contributed by atoms with Gasteiger partial charge in [-0.3, -0.25) is 4.99 Å². The van der Waals surface area contributed by atoms with Crippen molar-refractivity contribution in [3.8, 4) is 0 Å². The van der Waals surface area contributed by atoms with Crippen LogP contribution in [0, 0.1) is 5.41 Å². The number of rotatable bonds is 8. The number of nitrogens with zero attached hydrogens (tertiary/aromatic N) is 2. The number of ether oxygens (including phenoxy) is 1. The van der Waals surface area contributed by atoms with Crippen LogP contribution in [0.2, 0.25) is 0 Å². The Bertz CT molecular complexity index is 335. The van der Waals surface area contributed by atoms with Crippen LogP contribution in [0.4, 0.5) is 0 Å². The third-order valence-electron chi connectivity index (χ3n) is 5.00. The van der Waals surface area contributed by atoms with E-state index < -0.39 is 0 Å². The van der Waals surface area contributed by atoms with Gasteiger partial charge in [0.1, 0.15) is 0 Å².